The number of likely N-dealkylation sites (tertiary alicyclic amines) is 1. The second kappa shape index (κ2) is 2.97. The minimum atomic E-state index is 0.317. The van der Waals surface area contributed by atoms with Crippen LogP contribution in [0.15, 0.2) is 0 Å². The van der Waals surface area contributed by atoms with Gasteiger partial charge in [0, 0.05) is 18.5 Å². The molecule has 0 amide bonds. The third kappa shape index (κ3) is 1.34. The highest BCUT2D eigenvalue weighted by Crippen LogP contribution is 2.42. The summed E-state index contributed by atoms with van der Waals surface area (Å²) in [4.78, 5) is 2.26. The lowest BCUT2D eigenvalue weighted by Gasteiger charge is -2.23. The Morgan fingerprint density at radius 3 is 3.00 bits per heavy atom. The van der Waals surface area contributed by atoms with E-state index in [1.165, 1.54) is 0 Å². The van der Waals surface area contributed by atoms with E-state index >= 15 is 0 Å². The summed E-state index contributed by atoms with van der Waals surface area (Å²) in [6.45, 7) is 7.83. The third-order valence-electron chi connectivity index (χ3n) is 3.41. The van der Waals surface area contributed by atoms with Crippen LogP contribution in [0.25, 0.3) is 0 Å². The second-order valence-electron chi connectivity index (χ2n) is 4.76. The van der Waals surface area contributed by atoms with E-state index in [0.717, 1.165) is 19.8 Å². The maximum Gasteiger partial charge on any atom is 0.0869 e. The lowest BCUT2D eigenvalue weighted by atomic mass is 9.80. The molecule has 0 aromatic heterocycles. The molecule has 2 aliphatic rings. The van der Waals surface area contributed by atoms with Crippen molar-refractivity contribution in [2.75, 3.05) is 26.3 Å². The fraction of sp³-hybridized carbons (Fsp3) is 0.900. The Morgan fingerprint density at radius 2 is 2.31 bits per heavy atom. The van der Waals surface area contributed by atoms with E-state index in [2.05, 4.69) is 24.8 Å². The van der Waals surface area contributed by atoms with Crippen LogP contribution in [-0.2, 0) is 4.74 Å². The second-order valence-corrected chi connectivity index (χ2v) is 4.76. The number of fused-ring (bicyclic) bond motifs is 1. The summed E-state index contributed by atoms with van der Waals surface area (Å²) >= 11 is 0. The van der Waals surface area contributed by atoms with Crippen molar-refractivity contribution in [3.05, 3.63) is 0 Å². The first-order valence-electron chi connectivity index (χ1n) is 4.84. The molecule has 2 aliphatic heterocycles. The molecule has 2 rings (SSSR count). The number of hydrogen-bond acceptors (Lipinski definition) is 3. The normalized spacial score (nSPS) is 37.3. The highest BCUT2D eigenvalue weighted by atomic mass is 16.5. The molecule has 2 saturated heterocycles. The molecule has 0 bridgehead atoms. The fourth-order valence-electron chi connectivity index (χ4n) is 2.67. The van der Waals surface area contributed by atoms with Crippen LogP contribution in [0.4, 0.5) is 0 Å². The standard InChI is InChI=1S/C10H16N2O/c1-10(2)7-12(4-3-11)9-6-13-5-8(9)10/h8-9H,4-7H2,1-2H3. The van der Waals surface area contributed by atoms with Gasteiger partial charge in [-0.2, -0.15) is 5.26 Å². The quantitative estimate of drug-likeness (QED) is 0.562. The van der Waals surface area contributed by atoms with Crippen molar-refractivity contribution in [3.63, 3.8) is 0 Å². The van der Waals surface area contributed by atoms with Crippen LogP contribution in [-0.4, -0.2) is 37.2 Å². The average molecular weight is 180 g/mol. The summed E-state index contributed by atoms with van der Waals surface area (Å²) in [5.74, 6) is 0.626. The molecular formula is C10H16N2O. The van der Waals surface area contributed by atoms with Crippen molar-refractivity contribution in [1.29, 1.82) is 5.26 Å². The predicted molar refractivity (Wildman–Crippen MR) is 49.1 cm³/mol. The summed E-state index contributed by atoms with van der Waals surface area (Å²) in [5, 5.41) is 8.68. The Bertz CT molecular complexity index is 244. The van der Waals surface area contributed by atoms with Gasteiger partial charge in [-0.25, -0.2) is 0 Å². The molecule has 0 N–H and O–H groups in total. The van der Waals surface area contributed by atoms with Gasteiger partial charge in [0.2, 0.25) is 0 Å². The Balaban J connectivity index is 2.14. The molecule has 0 spiro atoms. The van der Waals surface area contributed by atoms with Gasteiger partial charge in [-0.05, 0) is 5.41 Å². The van der Waals surface area contributed by atoms with E-state index in [-0.39, 0.29) is 0 Å². The summed E-state index contributed by atoms with van der Waals surface area (Å²) in [5.41, 5.74) is 0.317. The minimum absolute atomic E-state index is 0.317. The van der Waals surface area contributed by atoms with Crippen LogP contribution >= 0.6 is 0 Å². The van der Waals surface area contributed by atoms with E-state index in [0.29, 0.717) is 23.9 Å². The first-order valence-corrected chi connectivity index (χ1v) is 4.84. The summed E-state index contributed by atoms with van der Waals surface area (Å²) in [6, 6.07) is 2.73. The number of rotatable bonds is 1. The average Bonchev–Trinajstić information content (AvgIpc) is 2.57. The van der Waals surface area contributed by atoms with Gasteiger partial charge in [0.1, 0.15) is 0 Å². The highest BCUT2D eigenvalue weighted by molar-refractivity contribution is 5.02. The zero-order chi connectivity index (χ0) is 9.47. The molecule has 13 heavy (non-hydrogen) atoms. The van der Waals surface area contributed by atoms with Gasteiger partial charge in [0.15, 0.2) is 0 Å². The molecule has 3 nitrogen and oxygen atoms in total. The van der Waals surface area contributed by atoms with Gasteiger partial charge in [-0.3, -0.25) is 4.90 Å². The topological polar surface area (TPSA) is 36.3 Å². The van der Waals surface area contributed by atoms with E-state index in [1.807, 2.05) is 0 Å². The molecule has 2 unspecified atom stereocenters. The van der Waals surface area contributed by atoms with Gasteiger partial charge < -0.3 is 4.74 Å². The van der Waals surface area contributed by atoms with Crippen LogP contribution in [0, 0.1) is 22.7 Å². The zero-order valence-corrected chi connectivity index (χ0v) is 8.29. The van der Waals surface area contributed by atoms with E-state index in [9.17, 15) is 0 Å². The first kappa shape index (κ1) is 8.98. The third-order valence-corrected chi connectivity index (χ3v) is 3.41. The molecule has 2 fully saturated rings. The monoisotopic (exact) mass is 180 g/mol. The first-order chi connectivity index (χ1) is 6.15. The smallest absolute Gasteiger partial charge is 0.0869 e. The number of nitrogens with zero attached hydrogens (tertiary/aromatic N) is 2. The Hall–Kier alpha value is -0.590. The van der Waals surface area contributed by atoms with Crippen LogP contribution in [0.3, 0.4) is 0 Å². The molecule has 0 aliphatic carbocycles. The van der Waals surface area contributed by atoms with E-state index < -0.39 is 0 Å². The fourth-order valence-corrected chi connectivity index (χ4v) is 2.67. The van der Waals surface area contributed by atoms with Crippen LogP contribution in [0.2, 0.25) is 0 Å². The number of nitriles is 1. The molecule has 0 radical (unpaired) electrons. The van der Waals surface area contributed by atoms with Crippen molar-refractivity contribution in [1.82, 2.24) is 4.90 Å². The van der Waals surface area contributed by atoms with Crippen molar-refractivity contribution in [2.24, 2.45) is 11.3 Å². The summed E-state index contributed by atoms with van der Waals surface area (Å²) in [6.07, 6.45) is 0. The predicted octanol–water partition coefficient (Wildman–Crippen LogP) is 0.867. The molecule has 2 atom stereocenters. The lowest BCUT2D eigenvalue weighted by Crippen LogP contribution is -2.32. The Kier molecular flexibility index (Phi) is 2.05. The van der Waals surface area contributed by atoms with Crippen LogP contribution in [0.5, 0.6) is 0 Å². The maximum atomic E-state index is 8.68. The molecule has 2 heterocycles. The molecular weight excluding hydrogens is 164 g/mol. The largest absolute Gasteiger partial charge is 0.379 e. The molecule has 0 saturated carbocycles. The van der Waals surface area contributed by atoms with Crippen molar-refractivity contribution >= 4 is 0 Å². The van der Waals surface area contributed by atoms with Crippen LogP contribution in [0.1, 0.15) is 13.8 Å². The lowest BCUT2D eigenvalue weighted by molar-refractivity contribution is 0.124. The van der Waals surface area contributed by atoms with E-state index in [4.69, 9.17) is 10.00 Å². The molecule has 72 valence electrons. The number of ether oxygens (including phenoxy) is 1. The summed E-state index contributed by atoms with van der Waals surface area (Å²) in [7, 11) is 0. The molecule has 0 aromatic rings. The highest BCUT2D eigenvalue weighted by Gasteiger charge is 2.49. The van der Waals surface area contributed by atoms with Crippen molar-refractivity contribution in [2.45, 2.75) is 19.9 Å². The molecule has 3 heteroatoms. The number of hydrogen-bond donors (Lipinski definition) is 0. The van der Waals surface area contributed by atoms with Crippen molar-refractivity contribution < 1.29 is 4.74 Å². The van der Waals surface area contributed by atoms with E-state index in [1.54, 1.807) is 0 Å². The van der Waals surface area contributed by atoms with Gasteiger partial charge in [0.05, 0.1) is 25.8 Å². The summed E-state index contributed by atoms with van der Waals surface area (Å²) < 4.78 is 5.47. The van der Waals surface area contributed by atoms with Gasteiger partial charge >= 0.3 is 0 Å². The van der Waals surface area contributed by atoms with Gasteiger partial charge in [0.25, 0.3) is 0 Å². The maximum absolute atomic E-state index is 8.68. The molecule has 0 aromatic carbocycles. The van der Waals surface area contributed by atoms with Gasteiger partial charge in [-0.15, -0.1) is 0 Å². The van der Waals surface area contributed by atoms with Crippen LogP contribution < -0.4 is 0 Å². The zero-order valence-electron chi connectivity index (χ0n) is 8.29. The van der Waals surface area contributed by atoms with Gasteiger partial charge in [-0.1, -0.05) is 13.8 Å². The minimum Gasteiger partial charge on any atom is -0.379 e. The van der Waals surface area contributed by atoms with Crippen molar-refractivity contribution in [3.8, 4) is 6.07 Å². The Labute approximate surface area is 79.3 Å². The SMILES string of the molecule is CC1(C)CN(CC#N)C2COCC21. The Morgan fingerprint density at radius 1 is 1.54 bits per heavy atom.